The smallest absolute Gasteiger partial charge is 0.307 e. The summed E-state index contributed by atoms with van der Waals surface area (Å²) in [6.07, 6.45) is 1.15. The Hall–Kier alpha value is -1.40. The van der Waals surface area contributed by atoms with Gasteiger partial charge in [0.25, 0.3) is 0 Å². The highest BCUT2D eigenvalue weighted by Crippen LogP contribution is 2.28. The topological polar surface area (TPSA) is 74.7 Å². The third kappa shape index (κ3) is 3.27. The first-order chi connectivity index (χ1) is 9.86. The number of piperidine rings is 1. The van der Waals surface area contributed by atoms with Crippen LogP contribution >= 0.6 is 0 Å². The van der Waals surface area contributed by atoms with Gasteiger partial charge in [-0.15, -0.1) is 0 Å². The van der Waals surface area contributed by atoms with Crippen LogP contribution in [-0.2, 0) is 21.2 Å². The maximum atomic E-state index is 12.8. The van der Waals surface area contributed by atoms with E-state index in [-0.39, 0.29) is 12.5 Å². The van der Waals surface area contributed by atoms with Gasteiger partial charge in [-0.25, -0.2) is 8.42 Å². The van der Waals surface area contributed by atoms with Gasteiger partial charge < -0.3 is 5.11 Å². The number of carboxylic acids is 1. The molecule has 1 aliphatic heterocycles. The molecular formula is C15H21NO4S. The van der Waals surface area contributed by atoms with E-state index in [1.807, 2.05) is 19.9 Å². The largest absolute Gasteiger partial charge is 0.481 e. The molecule has 1 saturated heterocycles. The summed E-state index contributed by atoms with van der Waals surface area (Å²) in [5.74, 6) is -1.51. The van der Waals surface area contributed by atoms with Crippen molar-refractivity contribution in [3.63, 3.8) is 0 Å². The number of hydrogen-bond donors (Lipinski definition) is 1. The van der Waals surface area contributed by atoms with E-state index in [2.05, 4.69) is 0 Å². The van der Waals surface area contributed by atoms with Crippen LogP contribution in [0.5, 0.6) is 0 Å². The number of nitrogens with zero attached hydrogens (tertiary/aromatic N) is 1. The summed E-state index contributed by atoms with van der Waals surface area (Å²) < 4.78 is 27.0. The number of sulfonamides is 1. The molecule has 6 heteroatoms. The van der Waals surface area contributed by atoms with Crippen molar-refractivity contribution in [1.82, 2.24) is 4.31 Å². The predicted octanol–water partition coefficient (Wildman–Crippen LogP) is 1.98. The van der Waals surface area contributed by atoms with Crippen molar-refractivity contribution >= 4 is 16.0 Å². The van der Waals surface area contributed by atoms with E-state index in [0.29, 0.717) is 24.3 Å². The third-order valence-corrected chi connectivity index (χ3v) is 5.88. The molecule has 1 N–H and O–H groups in total. The average Bonchev–Trinajstić information content (AvgIpc) is 2.46. The number of aliphatic carboxylic acids is 1. The lowest BCUT2D eigenvalue weighted by Crippen LogP contribution is -2.45. The Morgan fingerprint density at radius 1 is 1.33 bits per heavy atom. The van der Waals surface area contributed by atoms with Crippen LogP contribution in [0.3, 0.4) is 0 Å². The van der Waals surface area contributed by atoms with E-state index >= 15 is 0 Å². The van der Waals surface area contributed by atoms with Crippen molar-refractivity contribution in [1.29, 1.82) is 0 Å². The molecule has 0 saturated carbocycles. The second kappa shape index (κ2) is 6.15. The summed E-state index contributed by atoms with van der Waals surface area (Å²) in [5, 5.41) is 9.19. The Morgan fingerprint density at radius 2 is 2.00 bits per heavy atom. The first-order valence-electron chi connectivity index (χ1n) is 7.17. The monoisotopic (exact) mass is 311 g/mol. The first-order valence-corrected chi connectivity index (χ1v) is 8.61. The third-order valence-electron chi connectivity index (χ3n) is 3.95. The first kappa shape index (κ1) is 16.0. The van der Waals surface area contributed by atoms with Crippen molar-refractivity contribution < 1.29 is 18.3 Å². The SMILES string of the molecule is CCc1ccccc1S(=O)(=O)N1CC(C)CC(C(=O)O)C1. The fourth-order valence-electron chi connectivity index (χ4n) is 2.86. The Balaban J connectivity index is 2.36. The van der Waals surface area contributed by atoms with Gasteiger partial charge in [-0.05, 0) is 30.4 Å². The number of rotatable bonds is 4. The van der Waals surface area contributed by atoms with Gasteiger partial charge in [-0.3, -0.25) is 4.79 Å². The van der Waals surface area contributed by atoms with Crippen LogP contribution < -0.4 is 0 Å². The van der Waals surface area contributed by atoms with E-state index in [1.54, 1.807) is 18.2 Å². The van der Waals surface area contributed by atoms with Crippen LogP contribution in [0.15, 0.2) is 29.2 Å². The molecule has 5 nitrogen and oxygen atoms in total. The molecule has 0 bridgehead atoms. The second-order valence-electron chi connectivity index (χ2n) is 5.66. The molecule has 0 aliphatic carbocycles. The minimum absolute atomic E-state index is 0.0448. The van der Waals surface area contributed by atoms with Gasteiger partial charge in [0.2, 0.25) is 10.0 Å². The molecule has 2 unspecified atom stereocenters. The van der Waals surface area contributed by atoms with Crippen molar-refractivity contribution in [3.05, 3.63) is 29.8 Å². The standard InChI is InChI=1S/C15H21NO4S/c1-3-12-6-4-5-7-14(12)21(19,20)16-9-11(2)8-13(10-16)15(17)18/h4-7,11,13H,3,8-10H2,1-2H3,(H,17,18). The van der Waals surface area contributed by atoms with Gasteiger partial charge in [0.05, 0.1) is 10.8 Å². The maximum absolute atomic E-state index is 12.8. The number of carboxylic acid groups (broad SMARTS) is 1. The van der Waals surface area contributed by atoms with Gasteiger partial charge in [0, 0.05) is 13.1 Å². The van der Waals surface area contributed by atoms with Crippen LogP contribution in [0.25, 0.3) is 0 Å². The Morgan fingerprint density at radius 3 is 2.62 bits per heavy atom. The molecule has 116 valence electrons. The fraction of sp³-hybridized carbons (Fsp3) is 0.533. The minimum Gasteiger partial charge on any atom is -0.481 e. The molecule has 1 heterocycles. The highest BCUT2D eigenvalue weighted by atomic mass is 32.2. The number of carbonyl (C=O) groups is 1. The molecule has 0 amide bonds. The van der Waals surface area contributed by atoms with Crippen LogP contribution in [0, 0.1) is 11.8 Å². The number of aryl methyl sites for hydroxylation is 1. The normalized spacial score (nSPS) is 23.9. The summed E-state index contributed by atoms with van der Waals surface area (Å²) in [6, 6.07) is 6.92. The lowest BCUT2D eigenvalue weighted by Gasteiger charge is -2.34. The molecule has 1 aromatic carbocycles. The zero-order valence-electron chi connectivity index (χ0n) is 12.3. The van der Waals surface area contributed by atoms with E-state index < -0.39 is 21.9 Å². The summed E-state index contributed by atoms with van der Waals surface area (Å²) >= 11 is 0. The maximum Gasteiger partial charge on any atom is 0.307 e. The molecule has 2 rings (SSSR count). The van der Waals surface area contributed by atoms with Gasteiger partial charge in [-0.1, -0.05) is 32.0 Å². The highest BCUT2D eigenvalue weighted by Gasteiger charge is 2.36. The number of hydrogen-bond acceptors (Lipinski definition) is 3. The molecule has 1 fully saturated rings. The van der Waals surface area contributed by atoms with Crippen molar-refractivity contribution in [2.75, 3.05) is 13.1 Å². The van der Waals surface area contributed by atoms with E-state index in [9.17, 15) is 18.3 Å². The van der Waals surface area contributed by atoms with E-state index in [0.717, 1.165) is 5.56 Å². The van der Waals surface area contributed by atoms with E-state index in [4.69, 9.17) is 0 Å². The Kier molecular flexibility index (Phi) is 4.68. The summed E-state index contributed by atoms with van der Waals surface area (Å²) in [6.45, 7) is 4.24. The van der Waals surface area contributed by atoms with E-state index in [1.165, 1.54) is 4.31 Å². The zero-order valence-corrected chi connectivity index (χ0v) is 13.1. The van der Waals surface area contributed by atoms with Crippen LogP contribution in [0.4, 0.5) is 0 Å². The average molecular weight is 311 g/mol. The van der Waals surface area contributed by atoms with Gasteiger partial charge in [0.1, 0.15) is 0 Å². The van der Waals surface area contributed by atoms with Crippen molar-refractivity contribution in [2.24, 2.45) is 11.8 Å². The molecule has 0 radical (unpaired) electrons. The molecule has 0 aromatic heterocycles. The summed E-state index contributed by atoms with van der Waals surface area (Å²) in [5.41, 5.74) is 0.766. The minimum atomic E-state index is -3.63. The molecule has 2 atom stereocenters. The van der Waals surface area contributed by atoms with Gasteiger partial charge >= 0.3 is 5.97 Å². The Bertz CT molecular complexity index is 626. The second-order valence-corrected chi connectivity index (χ2v) is 7.57. The molecule has 1 aromatic rings. The molecule has 21 heavy (non-hydrogen) atoms. The van der Waals surface area contributed by atoms with Gasteiger partial charge in [-0.2, -0.15) is 4.31 Å². The van der Waals surface area contributed by atoms with Crippen LogP contribution in [-0.4, -0.2) is 36.9 Å². The molecular weight excluding hydrogens is 290 g/mol. The van der Waals surface area contributed by atoms with Crippen LogP contribution in [0.1, 0.15) is 25.8 Å². The van der Waals surface area contributed by atoms with Gasteiger partial charge in [0.15, 0.2) is 0 Å². The number of benzene rings is 1. The van der Waals surface area contributed by atoms with Crippen LogP contribution in [0.2, 0.25) is 0 Å². The lowest BCUT2D eigenvalue weighted by molar-refractivity contribution is -0.143. The molecule has 1 aliphatic rings. The highest BCUT2D eigenvalue weighted by molar-refractivity contribution is 7.89. The Labute approximate surface area is 125 Å². The fourth-order valence-corrected chi connectivity index (χ4v) is 4.76. The van der Waals surface area contributed by atoms with Crippen molar-refractivity contribution in [2.45, 2.75) is 31.6 Å². The zero-order chi connectivity index (χ0) is 15.6. The quantitative estimate of drug-likeness (QED) is 0.922. The van der Waals surface area contributed by atoms with Crippen molar-refractivity contribution in [3.8, 4) is 0 Å². The summed E-state index contributed by atoms with van der Waals surface area (Å²) in [7, 11) is -3.63. The predicted molar refractivity (Wildman–Crippen MR) is 79.5 cm³/mol. The summed E-state index contributed by atoms with van der Waals surface area (Å²) in [4.78, 5) is 11.5. The lowest BCUT2D eigenvalue weighted by atomic mass is 9.92. The molecule has 0 spiro atoms.